The van der Waals surface area contributed by atoms with Crippen LogP contribution in [0.15, 0.2) is 16.9 Å². The Hall–Kier alpha value is -1.69. The molecule has 102 valence electrons. The highest BCUT2D eigenvalue weighted by Gasteiger charge is 2.13. The quantitative estimate of drug-likeness (QED) is 0.932. The highest BCUT2D eigenvalue weighted by atomic mass is 32.1. The molecule has 0 amide bonds. The Morgan fingerprint density at radius 1 is 1.37 bits per heavy atom. The van der Waals surface area contributed by atoms with E-state index in [4.69, 9.17) is 0 Å². The van der Waals surface area contributed by atoms with E-state index in [0.717, 1.165) is 12.2 Å². The predicted octanol–water partition coefficient (Wildman–Crippen LogP) is 2.37. The molecule has 0 aliphatic rings. The Kier molecular flexibility index (Phi) is 3.99. The minimum Gasteiger partial charge on any atom is -0.363 e. The first-order valence-corrected chi connectivity index (χ1v) is 7.06. The van der Waals surface area contributed by atoms with E-state index < -0.39 is 0 Å². The van der Waals surface area contributed by atoms with Gasteiger partial charge in [0.2, 0.25) is 5.13 Å². The highest BCUT2D eigenvalue weighted by Crippen LogP contribution is 2.23. The number of hydrogen-bond donors (Lipinski definition) is 1. The van der Waals surface area contributed by atoms with Crippen LogP contribution < -0.4 is 10.9 Å². The van der Waals surface area contributed by atoms with Crippen molar-refractivity contribution in [3.63, 3.8) is 0 Å². The molecule has 5 nitrogen and oxygen atoms in total. The monoisotopic (exact) mass is 278 g/mol. The molecule has 0 saturated heterocycles. The first kappa shape index (κ1) is 13.7. The predicted molar refractivity (Wildman–Crippen MR) is 78.7 cm³/mol. The molecule has 19 heavy (non-hydrogen) atoms. The molecule has 0 aromatic carbocycles. The summed E-state index contributed by atoms with van der Waals surface area (Å²) in [6, 6.07) is 3.79. The van der Waals surface area contributed by atoms with E-state index in [1.807, 2.05) is 19.1 Å². The van der Waals surface area contributed by atoms with E-state index in [9.17, 15) is 4.79 Å². The number of rotatable bonds is 4. The van der Waals surface area contributed by atoms with Crippen LogP contribution in [0.4, 0.5) is 5.13 Å². The van der Waals surface area contributed by atoms with Crippen LogP contribution in [0.3, 0.4) is 0 Å². The molecule has 2 aromatic heterocycles. The number of nitrogens with one attached hydrogen (secondary N) is 1. The first-order chi connectivity index (χ1) is 9.02. The highest BCUT2D eigenvalue weighted by molar-refractivity contribution is 7.18. The molecule has 0 saturated carbocycles. The summed E-state index contributed by atoms with van der Waals surface area (Å²) in [5, 5.41) is 12.3. The molecular weight excluding hydrogens is 260 g/mol. The number of anilines is 1. The third kappa shape index (κ3) is 2.84. The van der Waals surface area contributed by atoms with Gasteiger partial charge in [0.05, 0.1) is 5.56 Å². The Balaban J connectivity index is 2.50. The maximum atomic E-state index is 12.5. The van der Waals surface area contributed by atoms with Gasteiger partial charge in [-0.05, 0) is 25.0 Å². The van der Waals surface area contributed by atoms with E-state index >= 15 is 0 Å². The number of aromatic nitrogens is 3. The van der Waals surface area contributed by atoms with Crippen LogP contribution in [0.2, 0.25) is 0 Å². The Bertz CT molecular complexity index is 630. The summed E-state index contributed by atoms with van der Waals surface area (Å²) >= 11 is 1.39. The summed E-state index contributed by atoms with van der Waals surface area (Å²) in [6.07, 6.45) is 0. The molecule has 0 fully saturated rings. The minimum atomic E-state index is 0.00695. The number of pyridine rings is 1. The van der Waals surface area contributed by atoms with Crippen molar-refractivity contribution in [2.24, 2.45) is 5.92 Å². The molecule has 0 aliphatic heterocycles. The third-order valence-corrected chi connectivity index (χ3v) is 3.78. The maximum Gasteiger partial charge on any atom is 0.261 e. The van der Waals surface area contributed by atoms with Crippen molar-refractivity contribution in [1.82, 2.24) is 14.8 Å². The summed E-state index contributed by atoms with van der Waals surface area (Å²) in [5.74, 6) is 0.425. The third-order valence-electron chi connectivity index (χ3n) is 2.81. The summed E-state index contributed by atoms with van der Waals surface area (Å²) < 4.78 is 1.81. The lowest BCUT2D eigenvalue weighted by atomic mass is 10.2. The van der Waals surface area contributed by atoms with Crippen molar-refractivity contribution in [3.05, 3.63) is 28.2 Å². The molecule has 0 aliphatic carbocycles. The van der Waals surface area contributed by atoms with Gasteiger partial charge in [0.15, 0.2) is 5.01 Å². The van der Waals surface area contributed by atoms with Crippen LogP contribution in [0.5, 0.6) is 0 Å². The van der Waals surface area contributed by atoms with Crippen molar-refractivity contribution in [2.45, 2.75) is 27.3 Å². The van der Waals surface area contributed by atoms with Gasteiger partial charge in [-0.3, -0.25) is 4.79 Å². The number of nitrogens with zero attached hydrogens (tertiary/aromatic N) is 3. The zero-order chi connectivity index (χ0) is 14.0. The van der Waals surface area contributed by atoms with Crippen LogP contribution >= 0.6 is 11.3 Å². The molecule has 0 atom stereocenters. The fourth-order valence-electron chi connectivity index (χ4n) is 1.86. The van der Waals surface area contributed by atoms with Gasteiger partial charge in [-0.25, -0.2) is 0 Å². The van der Waals surface area contributed by atoms with E-state index in [2.05, 4.69) is 29.4 Å². The van der Waals surface area contributed by atoms with Gasteiger partial charge in [-0.15, -0.1) is 10.2 Å². The molecular formula is C13H18N4OS. The van der Waals surface area contributed by atoms with E-state index in [1.165, 1.54) is 11.3 Å². The standard InChI is InChI=1S/C13H18N4OS/c1-8(2)7-17-9(3)5-6-10(12(17)18)11-15-16-13(14-4)19-11/h5-6,8H,7H2,1-4H3,(H,14,16). The van der Waals surface area contributed by atoms with Gasteiger partial charge in [0.1, 0.15) is 0 Å². The Morgan fingerprint density at radius 2 is 2.11 bits per heavy atom. The van der Waals surface area contributed by atoms with Gasteiger partial charge >= 0.3 is 0 Å². The Labute approximate surface area is 116 Å². The summed E-state index contributed by atoms with van der Waals surface area (Å²) in [4.78, 5) is 12.5. The van der Waals surface area contributed by atoms with Crippen molar-refractivity contribution in [1.29, 1.82) is 0 Å². The van der Waals surface area contributed by atoms with Crippen LogP contribution in [-0.2, 0) is 6.54 Å². The molecule has 2 aromatic rings. The average molecular weight is 278 g/mol. The normalized spacial score (nSPS) is 11.0. The average Bonchev–Trinajstić information content (AvgIpc) is 2.83. The van der Waals surface area contributed by atoms with Crippen LogP contribution in [-0.4, -0.2) is 21.8 Å². The van der Waals surface area contributed by atoms with Crippen LogP contribution in [0.25, 0.3) is 10.6 Å². The summed E-state index contributed by atoms with van der Waals surface area (Å²) in [6.45, 7) is 6.87. The van der Waals surface area contributed by atoms with Crippen molar-refractivity contribution >= 4 is 16.5 Å². The molecule has 0 unspecified atom stereocenters. The van der Waals surface area contributed by atoms with E-state index in [1.54, 1.807) is 11.6 Å². The smallest absolute Gasteiger partial charge is 0.261 e. The number of hydrogen-bond acceptors (Lipinski definition) is 5. The van der Waals surface area contributed by atoms with Crippen LogP contribution in [0.1, 0.15) is 19.5 Å². The zero-order valence-electron chi connectivity index (χ0n) is 11.6. The molecule has 0 bridgehead atoms. The molecule has 2 heterocycles. The lowest BCUT2D eigenvalue weighted by molar-refractivity contribution is 0.503. The van der Waals surface area contributed by atoms with Gasteiger partial charge in [-0.2, -0.15) is 0 Å². The van der Waals surface area contributed by atoms with Gasteiger partial charge in [0, 0.05) is 19.3 Å². The van der Waals surface area contributed by atoms with Gasteiger partial charge < -0.3 is 9.88 Å². The molecule has 1 N–H and O–H groups in total. The van der Waals surface area contributed by atoms with E-state index in [-0.39, 0.29) is 5.56 Å². The van der Waals surface area contributed by atoms with Crippen molar-refractivity contribution in [2.75, 3.05) is 12.4 Å². The molecule has 6 heteroatoms. The van der Waals surface area contributed by atoms with Crippen LogP contribution in [0, 0.1) is 12.8 Å². The second-order valence-electron chi connectivity index (χ2n) is 4.86. The second-order valence-corrected chi connectivity index (χ2v) is 5.84. The summed E-state index contributed by atoms with van der Waals surface area (Å²) in [5.41, 5.74) is 1.60. The first-order valence-electron chi connectivity index (χ1n) is 6.25. The Morgan fingerprint density at radius 3 is 2.68 bits per heavy atom. The molecule has 0 spiro atoms. The van der Waals surface area contributed by atoms with Crippen molar-refractivity contribution in [3.8, 4) is 10.6 Å². The fraction of sp³-hybridized carbons (Fsp3) is 0.462. The molecule has 0 radical (unpaired) electrons. The van der Waals surface area contributed by atoms with Crippen molar-refractivity contribution < 1.29 is 0 Å². The SMILES string of the molecule is CNc1nnc(-c2ccc(C)n(CC(C)C)c2=O)s1. The fourth-order valence-corrected chi connectivity index (χ4v) is 2.57. The zero-order valence-corrected chi connectivity index (χ0v) is 12.4. The topological polar surface area (TPSA) is 59.8 Å². The second kappa shape index (κ2) is 5.52. The van der Waals surface area contributed by atoms with E-state index in [0.29, 0.717) is 21.6 Å². The number of aryl methyl sites for hydroxylation is 1. The maximum absolute atomic E-state index is 12.5. The summed E-state index contributed by atoms with van der Waals surface area (Å²) in [7, 11) is 1.79. The van der Waals surface area contributed by atoms with Gasteiger partial charge in [0.25, 0.3) is 5.56 Å². The lowest BCUT2D eigenvalue weighted by Gasteiger charge is -2.13. The largest absolute Gasteiger partial charge is 0.363 e. The lowest BCUT2D eigenvalue weighted by Crippen LogP contribution is -2.25. The molecule has 2 rings (SSSR count). The minimum absolute atomic E-state index is 0.00695. The van der Waals surface area contributed by atoms with Gasteiger partial charge in [-0.1, -0.05) is 25.2 Å².